The monoisotopic (exact) mass is 337 g/mol. The zero-order valence-electron chi connectivity index (χ0n) is 14.2. The van der Waals surface area contributed by atoms with Crippen molar-refractivity contribution in [2.24, 2.45) is 0 Å². The summed E-state index contributed by atoms with van der Waals surface area (Å²) < 4.78 is 17.6. The lowest BCUT2D eigenvalue weighted by molar-refractivity contribution is -0.118. The topological polar surface area (TPSA) is 55.4 Å². The summed E-state index contributed by atoms with van der Waals surface area (Å²) in [7, 11) is -1.15. The van der Waals surface area contributed by atoms with E-state index in [0.29, 0.717) is 19.1 Å². The predicted molar refractivity (Wildman–Crippen MR) is 94.1 cm³/mol. The fourth-order valence-electron chi connectivity index (χ4n) is 2.76. The van der Waals surface area contributed by atoms with E-state index >= 15 is 0 Å². The molecule has 1 heterocycles. The van der Waals surface area contributed by atoms with E-state index in [9.17, 15) is 9.00 Å². The Morgan fingerprint density at radius 1 is 1.35 bits per heavy atom. The Labute approximate surface area is 141 Å². The van der Waals surface area contributed by atoms with Gasteiger partial charge in [-0.1, -0.05) is 38.1 Å². The standard InChI is InChI=1S/C18H27NO3S/c1-13(2)16-6-4-15(5-7-16)8-10-19-18(20)12-23(21)17-9-11-22-14(17)3/h4-7,13-14,17H,8-12H2,1-3H3,(H,19,20). The van der Waals surface area contributed by atoms with Crippen LogP contribution in [0.5, 0.6) is 0 Å². The molecule has 1 aliphatic rings. The smallest absolute Gasteiger partial charge is 0.232 e. The highest BCUT2D eigenvalue weighted by Crippen LogP contribution is 2.18. The SMILES string of the molecule is CC(C)c1ccc(CCNC(=O)CS(=O)C2CCOC2C)cc1. The van der Waals surface area contributed by atoms with Crippen LogP contribution < -0.4 is 5.32 Å². The summed E-state index contributed by atoms with van der Waals surface area (Å²) in [6, 6.07) is 8.49. The van der Waals surface area contributed by atoms with Crippen LogP contribution in [0.1, 0.15) is 44.2 Å². The van der Waals surface area contributed by atoms with Crippen molar-refractivity contribution in [3.8, 4) is 0 Å². The summed E-state index contributed by atoms with van der Waals surface area (Å²) in [6.07, 6.45) is 1.56. The third-order valence-corrected chi connectivity index (χ3v) is 6.14. The fraction of sp³-hybridized carbons (Fsp3) is 0.611. The zero-order valence-corrected chi connectivity index (χ0v) is 15.0. The van der Waals surface area contributed by atoms with Crippen molar-refractivity contribution < 1.29 is 13.7 Å². The Balaban J connectivity index is 1.71. The molecule has 0 aromatic heterocycles. The summed E-state index contributed by atoms with van der Waals surface area (Å²) in [6.45, 7) is 7.49. The number of benzene rings is 1. The fourth-order valence-corrected chi connectivity index (χ4v) is 4.20. The normalized spacial score (nSPS) is 22.3. The molecular weight excluding hydrogens is 310 g/mol. The van der Waals surface area contributed by atoms with Crippen LogP contribution in [0.2, 0.25) is 0 Å². The van der Waals surface area contributed by atoms with Gasteiger partial charge in [-0.2, -0.15) is 0 Å². The second-order valence-corrected chi connectivity index (χ2v) is 8.08. The van der Waals surface area contributed by atoms with Gasteiger partial charge in [-0.05, 0) is 36.8 Å². The summed E-state index contributed by atoms with van der Waals surface area (Å²) in [4.78, 5) is 11.9. The number of ether oxygens (including phenoxy) is 1. The first-order chi connectivity index (χ1) is 11.0. The van der Waals surface area contributed by atoms with E-state index in [1.165, 1.54) is 11.1 Å². The molecule has 5 heteroatoms. The minimum Gasteiger partial charge on any atom is -0.377 e. The van der Waals surface area contributed by atoms with Crippen LogP contribution in [0.3, 0.4) is 0 Å². The molecule has 1 saturated heterocycles. The van der Waals surface area contributed by atoms with Crippen molar-refractivity contribution in [3.63, 3.8) is 0 Å². The molecule has 0 bridgehead atoms. The van der Waals surface area contributed by atoms with Crippen molar-refractivity contribution in [1.82, 2.24) is 5.32 Å². The van der Waals surface area contributed by atoms with Gasteiger partial charge in [0.1, 0.15) is 5.75 Å². The van der Waals surface area contributed by atoms with Gasteiger partial charge in [-0.15, -0.1) is 0 Å². The van der Waals surface area contributed by atoms with Crippen LogP contribution in [0.25, 0.3) is 0 Å². The second kappa shape index (κ2) is 8.60. The first-order valence-electron chi connectivity index (χ1n) is 8.31. The molecule has 0 spiro atoms. The Bertz CT molecular complexity index is 542. The molecule has 4 nitrogen and oxygen atoms in total. The molecular formula is C18H27NO3S. The van der Waals surface area contributed by atoms with Gasteiger partial charge in [0.25, 0.3) is 0 Å². The molecule has 1 amide bonds. The summed E-state index contributed by atoms with van der Waals surface area (Å²) in [5, 5.41) is 2.86. The highest BCUT2D eigenvalue weighted by molar-refractivity contribution is 7.86. The van der Waals surface area contributed by atoms with Crippen molar-refractivity contribution >= 4 is 16.7 Å². The quantitative estimate of drug-likeness (QED) is 0.831. The summed E-state index contributed by atoms with van der Waals surface area (Å²) in [5.74, 6) is 0.465. The third kappa shape index (κ3) is 5.43. The molecule has 1 aromatic carbocycles. The lowest BCUT2D eigenvalue weighted by atomic mass is 10.0. The number of nitrogens with one attached hydrogen (secondary N) is 1. The summed E-state index contributed by atoms with van der Waals surface area (Å²) in [5.41, 5.74) is 2.52. The predicted octanol–water partition coefficient (Wildman–Crippen LogP) is 2.39. The van der Waals surface area contributed by atoms with E-state index in [4.69, 9.17) is 4.74 Å². The van der Waals surface area contributed by atoms with Gasteiger partial charge in [-0.3, -0.25) is 9.00 Å². The van der Waals surface area contributed by atoms with Crippen LogP contribution >= 0.6 is 0 Å². The van der Waals surface area contributed by atoms with E-state index < -0.39 is 10.8 Å². The largest absolute Gasteiger partial charge is 0.377 e. The minimum absolute atomic E-state index is 0.00988. The molecule has 1 fully saturated rings. The third-order valence-electron chi connectivity index (χ3n) is 4.30. The maximum atomic E-state index is 12.2. The Morgan fingerprint density at radius 3 is 2.61 bits per heavy atom. The van der Waals surface area contributed by atoms with Crippen molar-refractivity contribution in [2.75, 3.05) is 18.9 Å². The molecule has 3 atom stereocenters. The average molecular weight is 337 g/mol. The molecule has 1 N–H and O–H groups in total. The number of amides is 1. The molecule has 3 unspecified atom stereocenters. The molecule has 0 saturated carbocycles. The minimum atomic E-state index is -1.15. The van der Waals surface area contributed by atoms with Gasteiger partial charge in [-0.25, -0.2) is 0 Å². The Kier molecular flexibility index (Phi) is 6.78. The van der Waals surface area contributed by atoms with E-state index in [1.807, 2.05) is 6.92 Å². The molecule has 0 radical (unpaired) electrons. The molecule has 2 rings (SSSR count). The van der Waals surface area contributed by atoms with Gasteiger partial charge in [0.2, 0.25) is 5.91 Å². The highest BCUT2D eigenvalue weighted by atomic mass is 32.2. The van der Waals surface area contributed by atoms with Crippen molar-refractivity contribution in [2.45, 2.75) is 50.9 Å². The van der Waals surface area contributed by atoms with Crippen molar-refractivity contribution in [3.05, 3.63) is 35.4 Å². The number of hydrogen-bond donors (Lipinski definition) is 1. The van der Waals surface area contributed by atoms with Gasteiger partial charge in [0.05, 0.1) is 11.4 Å². The lowest BCUT2D eigenvalue weighted by Gasteiger charge is -2.13. The lowest BCUT2D eigenvalue weighted by Crippen LogP contribution is -2.34. The van der Waals surface area contributed by atoms with Crippen LogP contribution in [0, 0.1) is 0 Å². The second-order valence-electron chi connectivity index (χ2n) is 6.42. The van der Waals surface area contributed by atoms with Gasteiger partial charge in [0.15, 0.2) is 0 Å². The van der Waals surface area contributed by atoms with Crippen LogP contribution in [-0.2, 0) is 26.8 Å². The maximum Gasteiger partial charge on any atom is 0.232 e. The Hall–Kier alpha value is -1.20. The van der Waals surface area contributed by atoms with Crippen molar-refractivity contribution in [1.29, 1.82) is 0 Å². The van der Waals surface area contributed by atoms with E-state index in [1.54, 1.807) is 0 Å². The maximum absolute atomic E-state index is 12.2. The van der Waals surface area contributed by atoms with Crippen LogP contribution in [0.4, 0.5) is 0 Å². The molecule has 128 valence electrons. The van der Waals surface area contributed by atoms with Crippen LogP contribution in [0.15, 0.2) is 24.3 Å². The zero-order chi connectivity index (χ0) is 16.8. The Morgan fingerprint density at radius 2 is 2.04 bits per heavy atom. The average Bonchev–Trinajstić information content (AvgIpc) is 2.94. The number of carbonyl (C=O) groups is 1. The molecule has 1 aromatic rings. The van der Waals surface area contributed by atoms with E-state index in [0.717, 1.165) is 12.8 Å². The molecule has 0 aliphatic carbocycles. The van der Waals surface area contributed by atoms with Gasteiger partial charge in [0, 0.05) is 24.0 Å². The van der Waals surface area contributed by atoms with E-state index in [2.05, 4.69) is 43.4 Å². The molecule has 23 heavy (non-hydrogen) atoms. The number of carbonyl (C=O) groups excluding carboxylic acids is 1. The first kappa shape index (κ1) is 18.1. The van der Waals surface area contributed by atoms with Gasteiger partial charge < -0.3 is 10.1 Å². The number of rotatable bonds is 7. The van der Waals surface area contributed by atoms with Gasteiger partial charge >= 0.3 is 0 Å². The first-order valence-corrected chi connectivity index (χ1v) is 9.70. The summed E-state index contributed by atoms with van der Waals surface area (Å²) >= 11 is 0. The number of hydrogen-bond acceptors (Lipinski definition) is 3. The highest BCUT2D eigenvalue weighted by Gasteiger charge is 2.30. The van der Waals surface area contributed by atoms with E-state index in [-0.39, 0.29) is 23.0 Å². The van der Waals surface area contributed by atoms with Crippen LogP contribution in [-0.4, -0.2) is 40.4 Å². The molecule has 1 aliphatic heterocycles.